The van der Waals surface area contributed by atoms with E-state index in [1.54, 1.807) is 24.6 Å². The zero-order valence-corrected chi connectivity index (χ0v) is 17.5. The Labute approximate surface area is 171 Å². The second-order valence-electron chi connectivity index (χ2n) is 7.29. The Morgan fingerprint density at radius 3 is 2.47 bits per heavy atom. The van der Waals surface area contributed by atoms with Gasteiger partial charge in [0.2, 0.25) is 5.78 Å². The Morgan fingerprint density at radius 2 is 1.87 bits per heavy atom. The zero-order chi connectivity index (χ0) is 21.7. The van der Waals surface area contributed by atoms with E-state index in [-0.39, 0.29) is 16.9 Å². The summed E-state index contributed by atoms with van der Waals surface area (Å²) in [5.74, 6) is 1.00. The van der Waals surface area contributed by atoms with Crippen LogP contribution in [0.4, 0.5) is 0 Å². The average Bonchev–Trinajstić information content (AvgIpc) is 3.22. The highest BCUT2D eigenvalue weighted by molar-refractivity contribution is 5.81. The van der Waals surface area contributed by atoms with Crippen LogP contribution in [0, 0.1) is 6.92 Å². The van der Waals surface area contributed by atoms with E-state index < -0.39 is 17.3 Å². The molecule has 0 N–H and O–H groups in total. The maximum Gasteiger partial charge on any atom is 0.333 e. The molecule has 4 aromatic rings. The Kier molecular flexibility index (Phi) is 4.60. The van der Waals surface area contributed by atoms with Gasteiger partial charge in [-0.05, 0) is 52.0 Å². The minimum atomic E-state index is -0.861. The number of benzene rings is 1. The first kappa shape index (κ1) is 19.7. The zero-order valence-electron chi connectivity index (χ0n) is 17.5. The number of fused-ring (bicyclic) bond motifs is 3. The normalized spacial score (nSPS) is 12.6. The topological polar surface area (TPSA) is 92.5 Å². The first-order chi connectivity index (χ1) is 14.3. The Morgan fingerprint density at radius 1 is 1.20 bits per heavy atom. The van der Waals surface area contributed by atoms with Crippen molar-refractivity contribution in [2.24, 2.45) is 7.05 Å². The average molecular weight is 409 g/mol. The lowest BCUT2D eigenvalue weighted by Gasteiger charge is -2.12. The molecule has 3 heterocycles. The Bertz CT molecular complexity index is 1400. The second-order valence-corrected chi connectivity index (χ2v) is 7.29. The maximum atomic E-state index is 13.2. The van der Waals surface area contributed by atoms with Crippen LogP contribution in [0.25, 0.3) is 22.6 Å². The molecule has 1 aromatic carbocycles. The molecule has 0 radical (unpaired) electrons. The van der Waals surface area contributed by atoms with Gasteiger partial charge in [-0.3, -0.25) is 23.1 Å². The number of aromatic nitrogens is 5. The molecule has 0 unspecified atom stereocenters. The number of hydrogen-bond donors (Lipinski definition) is 0. The van der Waals surface area contributed by atoms with Crippen molar-refractivity contribution in [3.63, 3.8) is 0 Å². The summed E-state index contributed by atoms with van der Waals surface area (Å²) < 4.78 is 11.4. The third kappa shape index (κ3) is 2.77. The van der Waals surface area contributed by atoms with E-state index in [0.29, 0.717) is 12.4 Å². The molecule has 0 saturated heterocycles. The Hall–Kier alpha value is -3.62. The monoisotopic (exact) mass is 409 g/mol. The lowest BCUT2D eigenvalue weighted by atomic mass is 10.2. The molecule has 0 spiro atoms. The lowest BCUT2D eigenvalue weighted by molar-refractivity contribution is -0.119. The van der Waals surface area contributed by atoms with Gasteiger partial charge in [-0.25, -0.2) is 9.36 Å². The van der Waals surface area contributed by atoms with Crippen molar-refractivity contribution >= 4 is 22.7 Å². The number of nitrogens with zero attached hydrogens (tertiary/aromatic N) is 5. The van der Waals surface area contributed by atoms with Crippen LogP contribution in [0.1, 0.15) is 32.5 Å². The van der Waals surface area contributed by atoms with Crippen LogP contribution in [0.15, 0.2) is 40.1 Å². The number of carbonyl (C=O) groups is 1. The summed E-state index contributed by atoms with van der Waals surface area (Å²) in [5, 5.41) is 0. The molecule has 0 amide bonds. The number of carbonyl (C=O) groups excluding carboxylic acids is 1. The fraction of sp³-hybridized carbons (Fsp3) is 0.333. The molecule has 0 saturated carbocycles. The highest BCUT2D eigenvalue weighted by Crippen LogP contribution is 2.23. The fourth-order valence-corrected chi connectivity index (χ4v) is 3.68. The van der Waals surface area contributed by atoms with Gasteiger partial charge in [0.05, 0.1) is 12.6 Å². The van der Waals surface area contributed by atoms with E-state index in [1.165, 1.54) is 11.5 Å². The van der Waals surface area contributed by atoms with Crippen LogP contribution in [0.3, 0.4) is 0 Å². The summed E-state index contributed by atoms with van der Waals surface area (Å²) in [7, 11) is 1.55. The molecule has 3 aromatic heterocycles. The van der Waals surface area contributed by atoms with Gasteiger partial charge in [-0.2, -0.15) is 4.98 Å². The molecule has 0 bridgehead atoms. The van der Waals surface area contributed by atoms with Crippen LogP contribution >= 0.6 is 0 Å². The smallest absolute Gasteiger partial charge is 0.333 e. The maximum absolute atomic E-state index is 13.2. The fourth-order valence-electron chi connectivity index (χ4n) is 3.68. The molecule has 30 heavy (non-hydrogen) atoms. The molecule has 156 valence electrons. The van der Waals surface area contributed by atoms with Crippen molar-refractivity contribution in [1.82, 2.24) is 23.1 Å². The largest absolute Gasteiger partial charge is 0.494 e. The summed E-state index contributed by atoms with van der Waals surface area (Å²) in [4.78, 5) is 42.4. The molecule has 0 fully saturated rings. The van der Waals surface area contributed by atoms with Gasteiger partial charge in [0.15, 0.2) is 16.9 Å². The number of rotatable bonds is 5. The number of imidazole rings is 2. The van der Waals surface area contributed by atoms with Crippen molar-refractivity contribution in [1.29, 1.82) is 0 Å². The van der Waals surface area contributed by atoms with Gasteiger partial charge in [0.25, 0.3) is 5.56 Å². The van der Waals surface area contributed by atoms with Crippen LogP contribution in [0.2, 0.25) is 0 Å². The first-order valence-electron chi connectivity index (χ1n) is 9.71. The molecule has 4 rings (SSSR count). The van der Waals surface area contributed by atoms with Gasteiger partial charge in [-0.1, -0.05) is 0 Å². The van der Waals surface area contributed by atoms with Crippen molar-refractivity contribution in [2.45, 2.75) is 33.7 Å². The van der Waals surface area contributed by atoms with E-state index in [9.17, 15) is 14.4 Å². The molecule has 9 heteroatoms. The van der Waals surface area contributed by atoms with E-state index in [2.05, 4.69) is 4.98 Å². The molecule has 0 aliphatic carbocycles. The van der Waals surface area contributed by atoms with Gasteiger partial charge in [-0.15, -0.1) is 0 Å². The van der Waals surface area contributed by atoms with Crippen LogP contribution in [-0.4, -0.2) is 35.5 Å². The van der Waals surface area contributed by atoms with Crippen LogP contribution < -0.4 is 16.0 Å². The Balaban J connectivity index is 2.03. The third-order valence-electron chi connectivity index (χ3n) is 5.36. The lowest BCUT2D eigenvalue weighted by Crippen LogP contribution is -2.42. The van der Waals surface area contributed by atoms with Crippen molar-refractivity contribution in [3.05, 3.63) is 57.0 Å². The van der Waals surface area contributed by atoms with E-state index in [4.69, 9.17) is 4.74 Å². The summed E-state index contributed by atoms with van der Waals surface area (Å²) in [6.45, 7) is 7.32. The molecule has 9 nitrogen and oxygen atoms in total. The molecule has 0 aliphatic heterocycles. The minimum Gasteiger partial charge on any atom is -0.494 e. The van der Waals surface area contributed by atoms with E-state index in [0.717, 1.165) is 21.7 Å². The molecule has 0 aliphatic rings. The third-order valence-corrected chi connectivity index (χ3v) is 5.36. The van der Waals surface area contributed by atoms with Gasteiger partial charge in [0, 0.05) is 24.6 Å². The summed E-state index contributed by atoms with van der Waals surface area (Å²) in [6.07, 6.45) is 1.80. The summed E-state index contributed by atoms with van der Waals surface area (Å²) in [5.41, 5.74) is 1.14. The van der Waals surface area contributed by atoms with Gasteiger partial charge >= 0.3 is 5.69 Å². The van der Waals surface area contributed by atoms with Crippen molar-refractivity contribution < 1.29 is 9.53 Å². The number of aryl methyl sites for hydroxylation is 2. The number of ether oxygens (including phenoxy) is 1. The minimum absolute atomic E-state index is 0.257. The molecular weight excluding hydrogens is 386 g/mol. The van der Waals surface area contributed by atoms with Crippen molar-refractivity contribution in [2.75, 3.05) is 6.61 Å². The summed E-state index contributed by atoms with van der Waals surface area (Å²) >= 11 is 0. The highest BCUT2D eigenvalue weighted by atomic mass is 16.5. The quantitative estimate of drug-likeness (QED) is 0.503. The molecular formula is C21H23N5O4. The first-order valence-corrected chi connectivity index (χ1v) is 9.71. The number of Topliss-reactive ketones (excluding diaryl/α,β-unsaturated/α-hetero) is 1. The van der Waals surface area contributed by atoms with E-state index in [1.807, 2.05) is 42.7 Å². The highest BCUT2D eigenvalue weighted by Gasteiger charge is 2.24. The predicted octanol–water partition coefficient (Wildman–Crippen LogP) is 2.00. The SMILES string of the molecule is CCOc1ccc(-n2c(C)cn3c4c(=O)n([C@H](C)C(C)=O)c(=O)n(C)c4nc23)cc1. The predicted molar refractivity (Wildman–Crippen MR) is 113 cm³/mol. The number of ketones is 1. The second kappa shape index (κ2) is 7.01. The van der Waals surface area contributed by atoms with Crippen LogP contribution in [-0.2, 0) is 11.8 Å². The van der Waals surface area contributed by atoms with Gasteiger partial charge < -0.3 is 4.74 Å². The van der Waals surface area contributed by atoms with Crippen LogP contribution in [0.5, 0.6) is 5.75 Å². The van der Waals surface area contributed by atoms with E-state index >= 15 is 0 Å². The molecule has 1 atom stereocenters. The van der Waals surface area contributed by atoms with Gasteiger partial charge in [0.1, 0.15) is 5.75 Å². The van der Waals surface area contributed by atoms with Crippen molar-refractivity contribution in [3.8, 4) is 11.4 Å². The number of hydrogen-bond acceptors (Lipinski definition) is 5. The standard InChI is InChI=1S/C21H23N5O4/c1-6-30-16-9-7-15(8-10-16)25-12(2)11-24-17-18(22-20(24)25)23(5)21(29)26(19(17)28)13(3)14(4)27/h7-11,13H,6H2,1-5H3/t13-/m1/s1. The summed E-state index contributed by atoms with van der Waals surface area (Å²) in [6, 6.07) is 6.70.